The molecule has 1 aliphatic heterocycles. The number of methoxy groups -OCH3 is 1. The standard InChI is InChI=1S/C23H23IN2O4S2/c1-5-26-22(28)19(32-23(26)31)11-15-9-17(24)21(18(10-15)29-4)30-12-20(27)25-16-7-6-13(2)14(3)8-16/h6-11H,5,12H2,1-4H3,(H,25,27)/b19-11-. The molecule has 32 heavy (non-hydrogen) atoms. The Hall–Kier alpha value is -2.11. The van der Waals surface area contributed by atoms with Crippen LogP contribution in [0.2, 0.25) is 0 Å². The maximum absolute atomic E-state index is 12.5. The molecule has 1 N–H and O–H groups in total. The first-order chi connectivity index (χ1) is 15.2. The van der Waals surface area contributed by atoms with Gasteiger partial charge in [-0.05, 0) is 90.4 Å². The molecule has 1 heterocycles. The second kappa shape index (κ2) is 10.7. The SMILES string of the molecule is CCN1C(=O)/C(=C/c2cc(I)c(OCC(=O)Nc3ccc(C)c(C)c3)c(OC)c2)SC1=S. The molecule has 0 aliphatic carbocycles. The minimum Gasteiger partial charge on any atom is -0.493 e. The lowest BCUT2D eigenvalue weighted by molar-refractivity contribution is -0.122. The number of thioether (sulfide) groups is 1. The number of ether oxygens (including phenoxy) is 2. The Labute approximate surface area is 210 Å². The number of nitrogens with zero attached hydrogens (tertiary/aromatic N) is 1. The third-order valence-electron chi connectivity index (χ3n) is 4.88. The van der Waals surface area contributed by atoms with Crippen molar-refractivity contribution in [2.45, 2.75) is 20.8 Å². The number of carbonyl (C=O) groups excluding carboxylic acids is 2. The van der Waals surface area contributed by atoms with Gasteiger partial charge in [-0.2, -0.15) is 0 Å². The van der Waals surface area contributed by atoms with E-state index in [1.54, 1.807) is 17.0 Å². The second-order valence-electron chi connectivity index (χ2n) is 7.10. The molecule has 0 atom stereocenters. The fourth-order valence-corrected chi connectivity index (χ4v) is 5.21. The zero-order valence-electron chi connectivity index (χ0n) is 18.2. The minimum absolute atomic E-state index is 0.0974. The van der Waals surface area contributed by atoms with Crippen LogP contribution in [0, 0.1) is 17.4 Å². The van der Waals surface area contributed by atoms with Gasteiger partial charge in [-0.1, -0.05) is 30.0 Å². The van der Waals surface area contributed by atoms with Crippen LogP contribution in [0.3, 0.4) is 0 Å². The first-order valence-electron chi connectivity index (χ1n) is 9.86. The number of benzene rings is 2. The minimum atomic E-state index is -0.265. The first-order valence-corrected chi connectivity index (χ1v) is 12.2. The summed E-state index contributed by atoms with van der Waals surface area (Å²) in [4.78, 5) is 27.0. The molecule has 1 saturated heterocycles. The largest absolute Gasteiger partial charge is 0.493 e. The summed E-state index contributed by atoms with van der Waals surface area (Å²) in [5, 5.41) is 2.84. The van der Waals surface area contributed by atoms with Crippen LogP contribution in [0.25, 0.3) is 6.08 Å². The van der Waals surface area contributed by atoms with Gasteiger partial charge >= 0.3 is 0 Å². The average molecular weight is 582 g/mol. The van der Waals surface area contributed by atoms with E-state index in [0.29, 0.717) is 27.3 Å². The van der Waals surface area contributed by atoms with E-state index in [2.05, 4.69) is 27.9 Å². The van der Waals surface area contributed by atoms with E-state index in [-0.39, 0.29) is 18.4 Å². The van der Waals surface area contributed by atoms with Gasteiger partial charge in [0.2, 0.25) is 0 Å². The molecule has 6 nitrogen and oxygen atoms in total. The molecule has 3 rings (SSSR count). The monoisotopic (exact) mass is 582 g/mol. The van der Waals surface area contributed by atoms with Crippen LogP contribution in [0.5, 0.6) is 11.5 Å². The lowest BCUT2D eigenvalue weighted by Crippen LogP contribution is -2.27. The first kappa shape index (κ1) is 24.5. The number of halogens is 1. The smallest absolute Gasteiger partial charge is 0.266 e. The number of aryl methyl sites for hydroxylation is 2. The molecule has 2 aromatic rings. The van der Waals surface area contributed by atoms with E-state index in [4.69, 9.17) is 21.7 Å². The quantitative estimate of drug-likeness (QED) is 0.277. The van der Waals surface area contributed by atoms with Crippen molar-refractivity contribution in [3.8, 4) is 11.5 Å². The molecule has 2 aromatic carbocycles. The fraction of sp³-hybridized carbons (Fsp3) is 0.261. The van der Waals surface area contributed by atoms with E-state index in [1.807, 2.05) is 45.0 Å². The second-order valence-corrected chi connectivity index (χ2v) is 9.93. The van der Waals surface area contributed by atoms with E-state index in [0.717, 1.165) is 25.9 Å². The summed E-state index contributed by atoms with van der Waals surface area (Å²) in [5.74, 6) is 0.591. The van der Waals surface area contributed by atoms with E-state index < -0.39 is 0 Å². The van der Waals surface area contributed by atoms with Crippen LogP contribution in [0.1, 0.15) is 23.6 Å². The maximum atomic E-state index is 12.5. The highest BCUT2D eigenvalue weighted by Crippen LogP contribution is 2.37. The highest BCUT2D eigenvalue weighted by Gasteiger charge is 2.30. The van der Waals surface area contributed by atoms with Gasteiger partial charge in [-0.3, -0.25) is 14.5 Å². The molecular formula is C23H23IN2O4S2. The molecule has 0 spiro atoms. The van der Waals surface area contributed by atoms with E-state index in [1.165, 1.54) is 18.9 Å². The van der Waals surface area contributed by atoms with Crippen molar-refractivity contribution in [1.82, 2.24) is 4.90 Å². The number of rotatable bonds is 7. The lowest BCUT2D eigenvalue weighted by Gasteiger charge is -2.14. The van der Waals surface area contributed by atoms with Gasteiger partial charge in [-0.25, -0.2) is 0 Å². The number of nitrogens with one attached hydrogen (secondary N) is 1. The Kier molecular flexibility index (Phi) is 8.18. The topological polar surface area (TPSA) is 67.9 Å². The summed E-state index contributed by atoms with van der Waals surface area (Å²) in [6.45, 7) is 6.29. The van der Waals surface area contributed by atoms with Crippen molar-refractivity contribution in [1.29, 1.82) is 0 Å². The summed E-state index contributed by atoms with van der Waals surface area (Å²) in [7, 11) is 1.54. The van der Waals surface area contributed by atoms with Crippen molar-refractivity contribution >= 4 is 74.5 Å². The normalized spacial score (nSPS) is 14.8. The molecular weight excluding hydrogens is 559 g/mol. The average Bonchev–Trinajstić information content (AvgIpc) is 3.01. The van der Waals surface area contributed by atoms with Gasteiger partial charge in [0, 0.05) is 12.2 Å². The fourth-order valence-electron chi connectivity index (χ4n) is 3.04. The van der Waals surface area contributed by atoms with Crippen molar-refractivity contribution < 1.29 is 19.1 Å². The maximum Gasteiger partial charge on any atom is 0.266 e. The zero-order valence-corrected chi connectivity index (χ0v) is 21.9. The number of hydrogen-bond donors (Lipinski definition) is 1. The van der Waals surface area contributed by atoms with Gasteiger partial charge in [-0.15, -0.1) is 0 Å². The van der Waals surface area contributed by atoms with Crippen LogP contribution in [0.4, 0.5) is 5.69 Å². The molecule has 2 amide bonds. The summed E-state index contributed by atoms with van der Waals surface area (Å²) in [6, 6.07) is 9.40. The predicted molar refractivity (Wildman–Crippen MR) is 141 cm³/mol. The third-order valence-corrected chi connectivity index (χ3v) is 7.06. The van der Waals surface area contributed by atoms with Crippen LogP contribution >= 0.6 is 46.6 Å². The molecule has 0 saturated carbocycles. The Morgan fingerprint density at radius 2 is 2.00 bits per heavy atom. The van der Waals surface area contributed by atoms with Crippen LogP contribution in [-0.4, -0.2) is 41.3 Å². The highest BCUT2D eigenvalue weighted by atomic mass is 127. The van der Waals surface area contributed by atoms with Crippen molar-refractivity contribution in [3.63, 3.8) is 0 Å². The Balaban J connectivity index is 1.73. The number of anilines is 1. The van der Waals surface area contributed by atoms with Gasteiger partial charge in [0.25, 0.3) is 11.8 Å². The Morgan fingerprint density at radius 1 is 1.25 bits per heavy atom. The predicted octanol–water partition coefficient (Wildman–Crippen LogP) is 5.16. The Morgan fingerprint density at radius 3 is 2.62 bits per heavy atom. The molecule has 0 bridgehead atoms. The molecule has 1 fully saturated rings. The van der Waals surface area contributed by atoms with E-state index in [9.17, 15) is 9.59 Å². The van der Waals surface area contributed by atoms with Gasteiger partial charge in [0.1, 0.15) is 4.32 Å². The lowest BCUT2D eigenvalue weighted by atomic mass is 10.1. The highest BCUT2D eigenvalue weighted by molar-refractivity contribution is 14.1. The molecule has 0 unspecified atom stereocenters. The number of thiocarbonyl (C=S) groups is 1. The molecule has 0 radical (unpaired) electrons. The number of hydrogen-bond acceptors (Lipinski definition) is 6. The summed E-state index contributed by atoms with van der Waals surface area (Å²) < 4.78 is 12.6. The Bertz CT molecular complexity index is 1120. The number of likely N-dealkylation sites (N-methyl/N-ethyl adjacent to an activating group) is 1. The summed E-state index contributed by atoms with van der Waals surface area (Å²) in [6.07, 6.45) is 1.79. The van der Waals surface area contributed by atoms with Crippen molar-refractivity contribution in [2.24, 2.45) is 0 Å². The third kappa shape index (κ3) is 5.62. The van der Waals surface area contributed by atoms with Crippen LogP contribution in [-0.2, 0) is 9.59 Å². The molecule has 9 heteroatoms. The molecule has 168 valence electrons. The van der Waals surface area contributed by atoms with Gasteiger partial charge in [0.05, 0.1) is 15.6 Å². The van der Waals surface area contributed by atoms with Gasteiger partial charge in [0.15, 0.2) is 18.1 Å². The number of amides is 2. The zero-order chi connectivity index (χ0) is 23.4. The molecule has 1 aliphatic rings. The van der Waals surface area contributed by atoms with Crippen LogP contribution < -0.4 is 14.8 Å². The van der Waals surface area contributed by atoms with Crippen molar-refractivity contribution in [3.05, 3.63) is 55.5 Å². The van der Waals surface area contributed by atoms with Crippen molar-refractivity contribution in [2.75, 3.05) is 25.6 Å². The number of carbonyl (C=O) groups is 2. The summed E-state index contributed by atoms with van der Waals surface area (Å²) in [5.41, 5.74) is 3.78. The van der Waals surface area contributed by atoms with E-state index >= 15 is 0 Å². The summed E-state index contributed by atoms with van der Waals surface area (Å²) >= 11 is 8.68. The molecule has 0 aromatic heterocycles. The van der Waals surface area contributed by atoms with Crippen LogP contribution in [0.15, 0.2) is 35.2 Å². The van der Waals surface area contributed by atoms with Gasteiger partial charge < -0.3 is 14.8 Å².